The van der Waals surface area contributed by atoms with Gasteiger partial charge >= 0.3 is 11.7 Å². The van der Waals surface area contributed by atoms with Gasteiger partial charge in [0.25, 0.3) is 5.91 Å². The van der Waals surface area contributed by atoms with Crippen molar-refractivity contribution in [2.75, 3.05) is 13.7 Å². The Morgan fingerprint density at radius 1 is 1.43 bits per heavy atom. The monoisotopic (exact) mass is 326 g/mol. The Bertz CT molecular complexity index is 617. The van der Waals surface area contributed by atoms with E-state index in [2.05, 4.69) is 5.32 Å². The van der Waals surface area contributed by atoms with Crippen LogP contribution >= 0.6 is 0 Å². The first-order valence-corrected chi connectivity index (χ1v) is 6.73. The molecule has 1 unspecified atom stereocenters. The molecule has 23 heavy (non-hydrogen) atoms. The molecule has 2 N–H and O–H groups in total. The van der Waals surface area contributed by atoms with Crippen LogP contribution in [0.2, 0.25) is 0 Å². The number of carbonyl (C=O) groups is 2. The summed E-state index contributed by atoms with van der Waals surface area (Å²) in [5.74, 6) is -1.58. The highest BCUT2D eigenvalue weighted by Crippen LogP contribution is 2.30. The van der Waals surface area contributed by atoms with E-state index in [1.54, 1.807) is 6.92 Å². The Morgan fingerprint density at radius 3 is 2.57 bits per heavy atom. The molecule has 0 saturated carbocycles. The van der Waals surface area contributed by atoms with Gasteiger partial charge in [0.1, 0.15) is 11.3 Å². The molecule has 0 spiro atoms. The molecule has 0 saturated heterocycles. The summed E-state index contributed by atoms with van der Waals surface area (Å²) in [5.41, 5.74) is -1.61. The minimum Gasteiger partial charge on any atom is -0.490 e. The molecule has 0 fully saturated rings. The number of carboxylic acid groups (broad SMARTS) is 1. The van der Waals surface area contributed by atoms with Crippen LogP contribution in [-0.4, -0.2) is 41.2 Å². The van der Waals surface area contributed by atoms with Gasteiger partial charge in [-0.05, 0) is 19.4 Å². The number of carboxylic acids is 1. The zero-order valence-corrected chi connectivity index (χ0v) is 13.0. The number of aliphatic carboxylic acids is 1. The highest BCUT2D eigenvalue weighted by atomic mass is 16.6. The molecule has 0 radical (unpaired) electrons. The maximum Gasteiger partial charge on any atom is 0.329 e. The van der Waals surface area contributed by atoms with Gasteiger partial charge in [-0.15, -0.1) is 0 Å². The SMILES string of the molecule is CCC(C)(NC(=O)COc1ccc([N+](=O)[O-])c(OC)c1)C(=O)O. The molecular weight excluding hydrogens is 308 g/mol. The number of nitro groups is 1. The molecule has 0 aliphatic rings. The molecule has 1 aromatic rings. The summed E-state index contributed by atoms with van der Waals surface area (Å²) in [4.78, 5) is 33.1. The molecule has 9 nitrogen and oxygen atoms in total. The van der Waals surface area contributed by atoms with Gasteiger partial charge in [0.15, 0.2) is 6.61 Å². The second kappa shape index (κ2) is 7.43. The highest BCUT2D eigenvalue weighted by molar-refractivity contribution is 5.87. The summed E-state index contributed by atoms with van der Waals surface area (Å²) < 4.78 is 10.1. The van der Waals surface area contributed by atoms with Crippen LogP contribution in [0.25, 0.3) is 0 Å². The topological polar surface area (TPSA) is 128 Å². The molecule has 0 heterocycles. The number of methoxy groups -OCH3 is 1. The van der Waals surface area contributed by atoms with E-state index in [9.17, 15) is 19.7 Å². The van der Waals surface area contributed by atoms with Crippen LogP contribution in [-0.2, 0) is 9.59 Å². The molecular formula is C14H18N2O7. The fourth-order valence-corrected chi connectivity index (χ4v) is 1.68. The number of hydrogen-bond acceptors (Lipinski definition) is 6. The first-order chi connectivity index (χ1) is 10.7. The summed E-state index contributed by atoms with van der Waals surface area (Å²) in [5, 5.41) is 22.2. The minimum atomic E-state index is -1.38. The Hall–Kier alpha value is -2.84. The van der Waals surface area contributed by atoms with Crippen molar-refractivity contribution in [2.24, 2.45) is 0 Å². The number of nitro benzene ring substituents is 1. The number of amides is 1. The number of benzene rings is 1. The van der Waals surface area contributed by atoms with E-state index in [0.717, 1.165) is 0 Å². The number of ether oxygens (including phenoxy) is 2. The Balaban J connectivity index is 2.73. The van der Waals surface area contributed by atoms with Crippen LogP contribution in [0.1, 0.15) is 20.3 Å². The van der Waals surface area contributed by atoms with Crippen LogP contribution in [0.4, 0.5) is 5.69 Å². The molecule has 1 amide bonds. The Morgan fingerprint density at radius 2 is 2.09 bits per heavy atom. The second-order valence-corrected chi connectivity index (χ2v) is 4.92. The van der Waals surface area contributed by atoms with Crippen molar-refractivity contribution in [2.45, 2.75) is 25.8 Å². The van der Waals surface area contributed by atoms with Crippen LogP contribution in [0.5, 0.6) is 11.5 Å². The lowest BCUT2D eigenvalue weighted by molar-refractivity contribution is -0.385. The minimum absolute atomic E-state index is 0.00293. The third-order valence-corrected chi connectivity index (χ3v) is 3.31. The zero-order chi connectivity index (χ0) is 17.6. The number of hydrogen-bond donors (Lipinski definition) is 2. The van der Waals surface area contributed by atoms with Crippen LogP contribution in [0.3, 0.4) is 0 Å². The average molecular weight is 326 g/mol. The lowest BCUT2D eigenvalue weighted by Gasteiger charge is -2.24. The fourth-order valence-electron chi connectivity index (χ4n) is 1.68. The van der Waals surface area contributed by atoms with E-state index < -0.39 is 28.9 Å². The van der Waals surface area contributed by atoms with Gasteiger partial charge in [0.2, 0.25) is 5.75 Å². The third kappa shape index (κ3) is 4.56. The zero-order valence-electron chi connectivity index (χ0n) is 13.0. The molecule has 1 atom stereocenters. The van der Waals surface area contributed by atoms with E-state index in [-0.39, 0.29) is 23.6 Å². The number of rotatable bonds is 8. The number of nitrogens with one attached hydrogen (secondary N) is 1. The Labute approximate surface area is 132 Å². The van der Waals surface area contributed by atoms with Gasteiger partial charge in [0.05, 0.1) is 12.0 Å². The van der Waals surface area contributed by atoms with Gasteiger partial charge in [-0.25, -0.2) is 4.79 Å². The van der Waals surface area contributed by atoms with Crippen molar-refractivity contribution in [1.82, 2.24) is 5.32 Å². The molecule has 1 rings (SSSR count). The molecule has 0 aliphatic carbocycles. The van der Waals surface area contributed by atoms with Gasteiger partial charge in [0, 0.05) is 12.1 Å². The van der Waals surface area contributed by atoms with Crippen molar-refractivity contribution in [3.63, 3.8) is 0 Å². The maximum atomic E-state index is 11.8. The summed E-state index contributed by atoms with van der Waals surface area (Å²) in [6.45, 7) is 2.60. The molecule has 0 aromatic heterocycles. The summed E-state index contributed by atoms with van der Waals surface area (Å²) in [6.07, 6.45) is 0.208. The first kappa shape index (κ1) is 18.2. The Kier molecular flexibility index (Phi) is 5.88. The summed E-state index contributed by atoms with van der Waals surface area (Å²) in [7, 11) is 1.28. The standard InChI is InChI=1S/C14H18N2O7/c1-4-14(2,13(18)19)15-12(17)8-23-9-5-6-10(16(20)21)11(7-9)22-3/h5-7H,4,8H2,1-3H3,(H,15,17)(H,18,19). The molecule has 9 heteroatoms. The summed E-state index contributed by atoms with van der Waals surface area (Å²) >= 11 is 0. The highest BCUT2D eigenvalue weighted by Gasteiger charge is 2.32. The van der Waals surface area contributed by atoms with Crippen molar-refractivity contribution in [3.05, 3.63) is 28.3 Å². The number of nitrogens with zero attached hydrogens (tertiary/aromatic N) is 1. The maximum absolute atomic E-state index is 11.8. The van der Waals surface area contributed by atoms with Crippen LogP contribution in [0.15, 0.2) is 18.2 Å². The molecule has 0 bridgehead atoms. The van der Waals surface area contributed by atoms with E-state index in [1.807, 2.05) is 0 Å². The predicted molar refractivity (Wildman–Crippen MR) is 79.6 cm³/mol. The number of carbonyl (C=O) groups excluding carboxylic acids is 1. The molecule has 0 aliphatic heterocycles. The van der Waals surface area contributed by atoms with E-state index in [0.29, 0.717) is 0 Å². The third-order valence-electron chi connectivity index (χ3n) is 3.31. The van der Waals surface area contributed by atoms with Crippen LogP contribution in [0, 0.1) is 10.1 Å². The van der Waals surface area contributed by atoms with Gasteiger partial charge in [-0.1, -0.05) is 6.92 Å². The molecule has 126 valence electrons. The van der Waals surface area contributed by atoms with Gasteiger partial charge in [-0.3, -0.25) is 14.9 Å². The second-order valence-electron chi connectivity index (χ2n) is 4.92. The average Bonchev–Trinajstić information content (AvgIpc) is 2.51. The van der Waals surface area contributed by atoms with E-state index >= 15 is 0 Å². The van der Waals surface area contributed by atoms with Gasteiger partial charge in [-0.2, -0.15) is 0 Å². The fraction of sp³-hybridized carbons (Fsp3) is 0.429. The van der Waals surface area contributed by atoms with Crippen LogP contribution < -0.4 is 14.8 Å². The predicted octanol–water partition coefficient (Wildman–Crippen LogP) is 1.35. The largest absolute Gasteiger partial charge is 0.490 e. The molecule has 1 aromatic carbocycles. The van der Waals surface area contributed by atoms with E-state index in [1.165, 1.54) is 32.2 Å². The van der Waals surface area contributed by atoms with Crippen molar-refractivity contribution >= 4 is 17.6 Å². The van der Waals surface area contributed by atoms with Crippen molar-refractivity contribution in [1.29, 1.82) is 0 Å². The lowest BCUT2D eigenvalue weighted by Crippen LogP contribution is -2.53. The first-order valence-electron chi connectivity index (χ1n) is 6.73. The smallest absolute Gasteiger partial charge is 0.329 e. The quantitative estimate of drug-likeness (QED) is 0.545. The van der Waals surface area contributed by atoms with E-state index in [4.69, 9.17) is 14.6 Å². The van der Waals surface area contributed by atoms with Crippen molar-refractivity contribution in [3.8, 4) is 11.5 Å². The normalized spacial score (nSPS) is 12.8. The van der Waals surface area contributed by atoms with Gasteiger partial charge < -0.3 is 19.9 Å². The van der Waals surface area contributed by atoms with Crippen molar-refractivity contribution < 1.29 is 29.1 Å². The summed E-state index contributed by atoms with van der Waals surface area (Å²) in [6, 6.07) is 3.80. The lowest BCUT2D eigenvalue weighted by atomic mass is 9.99.